The van der Waals surface area contributed by atoms with Crippen molar-refractivity contribution >= 4 is 44.1 Å². The molecule has 0 radical (unpaired) electrons. The lowest BCUT2D eigenvalue weighted by Gasteiger charge is -2.32. The van der Waals surface area contributed by atoms with Gasteiger partial charge in [0.1, 0.15) is 0 Å². The van der Waals surface area contributed by atoms with Gasteiger partial charge in [-0.1, -0.05) is 54.6 Å². The van der Waals surface area contributed by atoms with Crippen molar-refractivity contribution in [2.45, 2.75) is 38.9 Å². The summed E-state index contributed by atoms with van der Waals surface area (Å²) in [5.74, 6) is 0. The summed E-state index contributed by atoms with van der Waals surface area (Å²) in [5, 5.41) is 2.67. The zero-order valence-electron chi connectivity index (χ0n) is 16.7. The number of benzene rings is 3. The lowest BCUT2D eigenvalue weighted by Crippen LogP contribution is -2.41. The minimum atomic E-state index is -0.322. The Balaban J connectivity index is 1.55. The summed E-state index contributed by atoms with van der Waals surface area (Å²) >= 11 is 1.85. The molecule has 140 valence electrons. The Bertz CT molecular complexity index is 1160. The highest BCUT2D eigenvalue weighted by Gasteiger charge is 2.51. The van der Waals surface area contributed by atoms with E-state index in [1.807, 2.05) is 11.3 Å². The molecule has 1 aromatic heterocycles. The molecule has 4 aromatic rings. The molecule has 5 rings (SSSR count). The van der Waals surface area contributed by atoms with Crippen LogP contribution in [0, 0.1) is 0 Å². The monoisotopic (exact) mass is 386 g/mol. The van der Waals surface area contributed by atoms with Crippen LogP contribution < -0.4 is 5.46 Å². The molecular formula is C24H23BO2S. The fraction of sp³-hybridized carbons (Fsp3) is 0.250. The second-order valence-corrected chi connectivity index (χ2v) is 9.57. The van der Waals surface area contributed by atoms with Gasteiger partial charge in [-0.2, -0.15) is 0 Å². The Hall–Kier alpha value is -2.14. The van der Waals surface area contributed by atoms with Gasteiger partial charge in [0.2, 0.25) is 0 Å². The van der Waals surface area contributed by atoms with Crippen LogP contribution in [0.3, 0.4) is 0 Å². The Labute approximate surface area is 170 Å². The second-order valence-electron chi connectivity index (χ2n) is 8.49. The van der Waals surface area contributed by atoms with E-state index in [0.717, 1.165) is 5.46 Å². The molecule has 1 aliphatic rings. The molecule has 0 aliphatic carbocycles. The minimum Gasteiger partial charge on any atom is -0.399 e. The van der Waals surface area contributed by atoms with Crippen LogP contribution in [0.2, 0.25) is 0 Å². The topological polar surface area (TPSA) is 18.5 Å². The molecule has 1 fully saturated rings. The van der Waals surface area contributed by atoms with Crippen LogP contribution >= 0.6 is 11.3 Å². The van der Waals surface area contributed by atoms with E-state index >= 15 is 0 Å². The molecule has 4 heteroatoms. The number of thiophene rings is 1. The number of rotatable bonds is 2. The van der Waals surface area contributed by atoms with Crippen molar-refractivity contribution in [1.82, 2.24) is 0 Å². The quantitative estimate of drug-likeness (QED) is 0.392. The third-order valence-electron chi connectivity index (χ3n) is 6.15. The van der Waals surface area contributed by atoms with Crippen molar-refractivity contribution in [2.75, 3.05) is 0 Å². The van der Waals surface area contributed by atoms with Gasteiger partial charge in [0, 0.05) is 20.2 Å². The number of hydrogen-bond acceptors (Lipinski definition) is 3. The molecule has 3 aromatic carbocycles. The summed E-state index contributed by atoms with van der Waals surface area (Å²) in [6.45, 7) is 8.35. The highest BCUT2D eigenvalue weighted by Crippen LogP contribution is 2.40. The second kappa shape index (κ2) is 6.18. The van der Waals surface area contributed by atoms with Crippen LogP contribution in [0.15, 0.2) is 66.7 Å². The summed E-state index contributed by atoms with van der Waals surface area (Å²) in [7, 11) is -0.322. The fourth-order valence-electron chi connectivity index (χ4n) is 3.81. The summed E-state index contributed by atoms with van der Waals surface area (Å²) in [6.07, 6.45) is 0. The van der Waals surface area contributed by atoms with Crippen LogP contribution in [-0.4, -0.2) is 18.3 Å². The average molecular weight is 386 g/mol. The molecule has 1 saturated heterocycles. The van der Waals surface area contributed by atoms with Crippen molar-refractivity contribution < 1.29 is 9.31 Å². The first-order valence-electron chi connectivity index (χ1n) is 9.72. The SMILES string of the molecule is CC1(C)OB(c2ccc(-c3cccc4sc5ccccc5c34)cc2)OC1(C)C. The molecule has 0 saturated carbocycles. The van der Waals surface area contributed by atoms with Crippen molar-refractivity contribution in [3.63, 3.8) is 0 Å². The van der Waals surface area contributed by atoms with E-state index in [0.29, 0.717) is 0 Å². The smallest absolute Gasteiger partial charge is 0.399 e. The predicted molar refractivity (Wildman–Crippen MR) is 120 cm³/mol. The van der Waals surface area contributed by atoms with Gasteiger partial charge in [-0.05, 0) is 56.4 Å². The number of hydrogen-bond donors (Lipinski definition) is 0. The normalized spacial score (nSPS) is 18.2. The zero-order chi connectivity index (χ0) is 19.5. The van der Waals surface area contributed by atoms with E-state index in [-0.39, 0.29) is 18.3 Å². The highest BCUT2D eigenvalue weighted by molar-refractivity contribution is 7.25. The van der Waals surface area contributed by atoms with Crippen LogP contribution in [0.1, 0.15) is 27.7 Å². The van der Waals surface area contributed by atoms with Gasteiger partial charge >= 0.3 is 7.12 Å². The van der Waals surface area contributed by atoms with Gasteiger partial charge in [-0.15, -0.1) is 11.3 Å². The van der Waals surface area contributed by atoms with Crippen LogP contribution in [-0.2, 0) is 9.31 Å². The maximum absolute atomic E-state index is 6.19. The van der Waals surface area contributed by atoms with Gasteiger partial charge in [-0.3, -0.25) is 0 Å². The van der Waals surface area contributed by atoms with Gasteiger partial charge in [0.25, 0.3) is 0 Å². The van der Waals surface area contributed by atoms with Gasteiger partial charge < -0.3 is 9.31 Å². The van der Waals surface area contributed by atoms with Crippen molar-refractivity contribution in [3.05, 3.63) is 66.7 Å². The number of fused-ring (bicyclic) bond motifs is 3. The first-order chi connectivity index (χ1) is 13.4. The molecule has 0 unspecified atom stereocenters. The first kappa shape index (κ1) is 17.9. The van der Waals surface area contributed by atoms with E-state index in [4.69, 9.17) is 9.31 Å². The fourth-order valence-corrected chi connectivity index (χ4v) is 4.95. The predicted octanol–water partition coefficient (Wildman–Crippen LogP) is 6.02. The van der Waals surface area contributed by atoms with Crippen LogP contribution in [0.4, 0.5) is 0 Å². The summed E-state index contributed by atoms with van der Waals surface area (Å²) in [5.41, 5.74) is 2.91. The molecule has 2 heterocycles. The first-order valence-corrected chi connectivity index (χ1v) is 10.5. The molecule has 0 N–H and O–H groups in total. The third-order valence-corrected chi connectivity index (χ3v) is 7.29. The third kappa shape index (κ3) is 2.71. The molecule has 1 aliphatic heterocycles. The highest BCUT2D eigenvalue weighted by atomic mass is 32.1. The lowest BCUT2D eigenvalue weighted by molar-refractivity contribution is 0.00578. The van der Waals surface area contributed by atoms with E-state index < -0.39 is 0 Å². The molecule has 0 amide bonds. The molecule has 2 nitrogen and oxygen atoms in total. The van der Waals surface area contributed by atoms with Gasteiger partial charge in [0.15, 0.2) is 0 Å². The van der Waals surface area contributed by atoms with E-state index in [1.165, 1.54) is 31.3 Å². The van der Waals surface area contributed by atoms with Crippen molar-refractivity contribution in [1.29, 1.82) is 0 Å². The molecule has 28 heavy (non-hydrogen) atoms. The molecule has 0 bridgehead atoms. The van der Waals surface area contributed by atoms with E-state index in [9.17, 15) is 0 Å². The minimum absolute atomic E-state index is 0.322. The molecular weight excluding hydrogens is 363 g/mol. The lowest BCUT2D eigenvalue weighted by atomic mass is 9.78. The van der Waals surface area contributed by atoms with Gasteiger partial charge in [0.05, 0.1) is 11.2 Å². The van der Waals surface area contributed by atoms with Crippen LogP contribution in [0.25, 0.3) is 31.3 Å². The van der Waals surface area contributed by atoms with Gasteiger partial charge in [-0.25, -0.2) is 0 Å². The van der Waals surface area contributed by atoms with E-state index in [2.05, 4.69) is 94.4 Å². The van der Waals surface area contributed by atoms with Crippen molar-refractivity contribution in [3.8, 4) is 11.1 Å². The maximum Gasteiger partial charge on any atom is 0.494 e. The maximum atomic E-state index is 6.19. The molecule has 0 atom stereocenters. The summed E-state index contributed by atoms with van der Waals surface area (Å²) < 4.78 is 15.0. The van der Waals surface area contributed by atoms with Crippen LogP contribution in [0.5, 0.6) is 0 Å². The van der Waals surface area contributed by atoms with E-state index in [1.54, 1.807) is 0 Å². The Morgan fingerprint density at radius 3 is 2.07 bits per heavy atom. The average Bonchev–Trinajstić information content (AvgIpc) is 3.15. The Kier molecular flexibility index (Phi) is 3.96. The Morgan fingerprint density at radius 2 is 1.36 bits per heavy atom. The summed E-state index contributed by atoms with van der Waals surface area (Å²) in [4.78, 5) is 0. The zero-order valence-corrected chi connectivity index (χ0v) is 17.5. The molecule has 0 spiro atoms. The summed E-state index contributed by atoms with van der Waals surface area (Å²) in [6, 6.07) is 23.8. The largest absolute Gasteiger partial charge is 0.494 e. The van der Waals surface area contributed by atoms with Crippen molar-refractivity contribution in [2.24, 2.45) is 0 Å². The Morgan fingerprint density at radius 1 is 0.714 bits per heavy atom. The standard InChI is InChI=1S/C24H23BO2S/c1-23(2)24(3,4)27-25(26-23)17-14-12-16(13-15-17)18-9-7-11-21-22(18)19-8-5-6-10-20(19)28-21/h5-15H,1-4H3.